The smallest absolute Gasteiger partial charge is 0.410 e. The Morgan fingerprint density at radius 3 is 2.63 bits per heavy atom. The van der Waals surface area contributed by atoms with Crippen LogP contribution in [0.1, 0.15) is 39.4 Å². The first-order valence-electron chi connectivity index (χ1n) is 12.8. The minimum absolute atomic E-state index is 0.0819. The lowest BCUT2D eigenvalue weighted by molar-refractivity contribution is 0.0284. The SMILES string of the molecule is CC(C)(C)OC(=O)N1CC[C@H](COc2cc(-n3c(C(F)F)nc4ccccc43)nc(N3CCOCC3)n2)C1. The van der Waals surface area contributed by atoms with Gasteiger partial charge in [0.15, 0.2) is 5.82 Å². The largest absolute Gasteiger partial charge is 0.477 e. The van der Waals surface area contributed by atoms with Crippen molar-refractivity contribution in [3.63, 3.8) is 0 Å². The highest BCUT2D eigenvalue weighted by atomic mass is 19.3. The molecule has 12 heteroatoms. The molecule has 5 rings (SSSR count). The molecule has 2 aliphatic heterocycles. The summed E-state index contributed by atoms with van der Waals surface area (Å²) >= 11 is 0. The van der Waals surface area contributed by atoms with Crippen molar-refractivity contribution in [3.05, 3.63) is 36.2 Å². The van der Waals surface area contributed by atoms with Crippen LogP contribution >= 0.6 is 0 Å². The van der Waals surface area contributed by atoms with Crippen LogP contribution < -0.4 is 9.64 Å². The second-order valence-corrected chi connectivity index (χ2v) is 10.5. The molecule has 2 saturated heterocycles. The fraction of sp³-hybridized carbons (Fsp3) is 0.538. The van der Waals surface area contributed by atoms with Crippen LogP contribution in [-0.2, 0) is 9.47 Å². The summed E-state index contributed by atoms with van der Waals surface area (Å²) in [5.41, 5.74) is 0.405. The number of imidazole rings is 1. The zero-order valence-electron chi connectivity index (χ0n) is 21.8. The Balaban J connectivity index is 1.41. The van der Waals surface area contributed by atoms with Crippen LogP contribution in [0.25, 0.3) is 16.9 Å². The van der Waals surface area contributed by atoms with Gasteiger partial charge in [0.05, 0.1) is 30.9 Å². The number of fused-ring (bicyclic) bond motifs is 1. The highest BCUT2D eigenvalue weighted by Crippen LogP contribution is 2.30. The van der Waals surface area contributed by atoms with Gasteiger partial charge in [-0.2, -0.15) is 9.97 Å². The number of amides is 1. The van der Waals surface area contributed by atoms with Crippen molar-refractivity contribution < 1.29 is 27.8 Å². The monoisotopic (exact) mass is 530 g/mol. The van der Waals surface area contributed by atoms with Gasteiger partial charge < -0.3 is 24.0 Å². The molecule has 1 amide bonds. The molecule has 3 aromatic rings. The van der Waals surface area contributed by atoms with E-state index in [0.29, 0.717) is 63.0 Å². The lowest BCUT2D eigenvalue weighted by atomic mass is 10.1. The number of anilines is 1. The molecule has 0 saturated carbocycles. The maximum atomic E-state index is 14.0. The fourth-order valence-electron chi connectivity index (χ4n) is 4.59. The van der Waals surface area contributed by atoms with Crippen LogP contribution in [0.5, 0.6) is 5.88 Å². The van der Waals surface area contributed by atoms with Crippen molar-refractivity contribution in [3.8, 4) is 11.7 Å². The first kappa shape index (κ1) is 26.1. The molecule has 4 heterocycles. The van der Waals surface area contributed by atoms with Gasteiger partial charge in [-0.05, 0) is 39.3 Å². The number of nitrogens with zero attached hydrogens (tertiary/aromatic N) is 6. The summed E-state index contributed by atoms with van der Waals surface area (Å²) in [4.78, 5) is 29.4. The molecule has 38 heavy (non-hydrogen) atoms. The van der Waals surface area contributed by atoms with Gasteiger partial charge >= 0.3 is 6.09 Å². The Morgan fingerprint density at radius 1 is 1.13 bits per heavy atom. The third-order valence-corrected chi connectivity index (χ3v) is 6.39. The Bertz CT molecular complexity index is 1290. The van der Waals surface area contributed by atoms with Crippen LogP contribution in [0.15, 0.2) is 30.3 Å². The number of hydrogen-bond acceptors (Lipinski definition) is 8. The number of aromatic nitrogens is 4. The highest BCUT2D eigenvalue weighted by Gasteiger charge is 2.30. The molecule has 10 nitrogen and oxygen atoms in total. The molecule has 1 atom stereocenters. The number of benzene rings is 1. The number of carbonyl (C=O) groups is 1. The molecule has 0 bridgehead atoms. The van der Waals surface area contributed by atoms with Gasteiger partial charge in [-0.15, -0.1) is 0 Å². The van der Waals surface area contributed by atoms with Gasteiger partial charge in [0.25, 0.3) is 6.43 Å². The summed E-state index contributed by atoms with van der Waals surface area (Å²) < 4.78 is 46.5. The summed E-state index contributed by atoms with van der Waals surface area (Å²) in [5, 5.41) is 0. The van der Waals surface area contributed by atoms with Gasteiger partial charge in [0.1, 0.15) is 11.4 Å². The second kappa shape index (κ2) is 10.7. The van der Waals surface area contributed by atoms with Crippen molar-refractivity contribution in [1.82, 2.24) is 24.4 Å². The van der Waals surface area contributed by atoms with Crippen LogP contribution in [0.2, 0.25) is 0 Å². The Labute approximate surface area is 219 Å². The van der Waals surface area contributed by atoms with Crippen molar-refractivity contribution in [2.45, 2.75) is 39.2 Å². The van der Waals surface area contributed by atoms with E-state index >= 15 is 0 Å². The van der Waals surface area contributed by atoms with Gasteiger partial charge in [-0.1, -0.05) is 12.1 Å². The molecule has 0 radical (unpaired) electrons. The van der Waals surface area contributed by atoms with E-state index < -0.39 is 17.9 Å². The number of ether oxygens (including phenoxy) is 3. The minimum Gasteiger partial charge on any atom is -0.477 e. The number of para-hydroxylation sites is 2. The topological polar surface area (TPSA) is 94.8 Å². The summed E-state index contributed by atoms with van der Waals surface area (Å²) in [5.74, 6) is 0.583. The molecular formula is C26H32F2N6O4. The third-order valence-electron chi connectivity index (χ3n) is 6.39. The Hall–Kier alpha value is -3.54. The zero-order chi connectivity index (χ0) is 26.9. The molecule has 2 fully saturated rings. The number of likely N-dealkylation sites (tertiary alicyclic amines) is 1. The average Bonchev–Trinajstić information content (AvgIpc) is 3.52. The number of alkyl halides is 2. The van der Waals surface area contributed by atoms with Crippen molar-refractivity contribution >= 4 is 23.1 Å². The molecular weight excluding hydrogens is 498 g/mol. The first-order chi connectivity index (χ1) is 18.2. The molecule has 2 aliphatic rings. The maximum Gasteiger partial charge on any atom is 0.410 e. The summed E-state index contributed by atoms with van der Waals surface area (Å²) in [7, 11) is 0. The predicted molar refractivity (Wildman–Crippen MR) is 136 cm³/mol. The number of carbonyl (C=O) groups excluding carboxylic acids is 1. The van der Waals surface area contributed by atoms with E-state index in [1.54, 1.807) is 35.2 Å². The molecule has 0 spiro atoms. The van der Waals surface area contributed by atoms with Crippen LogP contribution in [-0.4, -0.2) is 82.1 Å². The zero-order valence-corrected chi connectivity index (χ0v) is 21.8. The third kappa shape index (κ3) is 5.79. The van der Waals surface area contributed by atoms with Crippen LogP contribution in [0.3, 0.4) is 0 Å². The van der Waals surface area contributed by atoms with Gasteiger partial charge in [0, 0.05) is 38.2 Å². The van der Waals surface area contributed by atoms with E-state index in [9.17, 15) is 13.6 Å². The van der Waals surface area contributed by atoms with Crippen molar-refractivity contribution in [2.75, 3.05) is 50.9 Å². The lowest BCUT2D eigenvalue weighted by Crippen LogP contribution is -2.37. The quantitative estimate of drug-likeness (QED) is 0.468. The molecule has 0 unspecified atom stereocenters. The Morgan fingerprint density at radius 2 is 1.89 bits per heavy atom. The van der Waals surface area contributed by atoms with E-state index in [1.807, 2.05) is 25.7 Å². The molecule has 2 aromatic heterocycles. The average molecular weight is 531 g/mol. The van der Waals surface area contributed by atoms with Crippen molar-refractivity contribution in [1.29, 1.82) is 0 Å². The predicted octanol–water partition coefficient (Wildman–Crippen LogP) is 4.23. The van der Waals surface area contributed by atoms with Crippen LogP contribution in [0, 0.1) is 5.92 Å². The van der Waals surface area contributed by atoms with E-state index in [4.69, 9.17) is 14.2 Å². The van der Waals surface area contributed by atoms with E-state index in [1.165, 1.54) is 4.57 Å². The van der Waals surface area contributed by atoms with E-state index in [0.717, 1.165) is 6.42 Å². The number of halogens is 2. The van der Waals surface area contributed by atoms with Gasteiger partial charge in [-0.3, -0.25) is 4.57 Å². The fourth-order valence-corrected chi connectivity index (χ4v) is 4.59. The molecule has 0 N–H and O–H groups in total. The molecule has 1 aromatic carbocycles. The summed E-state index contributed by atoms with van der Waals surface area (Å²) in [6, 6.07) is 8.51. The molecule has 0 aliphatic carbocycles. The maximum absolute atomic E-state index is 14.0. The number of hydrogen-bond donors (Lipinski definition) is 0. The lowest BCUT2D eigenvalue weighted by Gasteiger charge is -2.27. The Kier molecular flexibility index (Phi) is 7.33. The summed E-state index contributed by atoms with van der Waals surface area (Å²) in [6.45, 7) is 9.08. The van der Waals surface area contributed by atoms with E-state index in [-0.39, 0.29) is 23.7 Å². The number of rotatable bonds is 6. The summed E-state index contributed by atoms with van der Waals surface area (Å²) in [6.07, 6.45) is -2.38. The minimum atomic E-state index is -2.80. The van der Waals surface area contributed by atoms with Gasteiger partial charge in [0.2, 0.25) is 11.8 Å². The normalized spacial score (nSPS) is 18.4. The van der Waals surface area contributed by atoms with Crippen molar-refractivity contribution in [2.24, 2.45) is 5.92 Å². The first-order valence-corrected chi connectivity index (χ1v) is 12.8. The number of morpholine rings is 1. The van der Waals surface area contributed by atoms with Crippen LogP contribution in [0.4, 0.5) is 19.5 Å². The molecule has 204 valence electrons. The standard InChI is InChI=1S/C26H32F2N6O4/c1-26(2,3)38-25(35)33-9-8-17(15-33)16-37-21-14-20(30-24(31-21)32-10-12-36-13-11-32)34-19-7-5-4-6-18(19)29-23(34)22(27)28/h4-7,14,17,22H,8-13,15-16H2,1-3H3/t17-/m0/s1. The van der Waals surface area contributed by atoms with Gasteiger partial charge in [-0.25, -0.2) is 18.6 Å². The second-order valence-electron chi connectivity index (χ2n) is 10.5. The highest BCUT2D eigenvalue weighted by molar-refractivity contribution is 5.78. The van der Waals surface area contributed by atoms with E-state index in [2.05, 4.69) is 15.0 Å².